The van der Waals surface area contributed by atoms with Crippen molar-refractivity contribution in [3.8, 4) is 16.9 Å². The Morgan fingerprint density at radius 3 is 2.53 bits per heavy atom. The molecule has 98 valence electrons. The zero-order chi connectivity index (χ0) is 14.0. The van der Waals surface area contributed by atoms with E-state index in [2.05, 4.69) is 0 Å². The molecule has 0 aliphatic rings. The van der Waals surface area contributed by atoms with Gasteiger partial charge in [-0.3, -0.25) is 0 Å². The Hall–Kier alpha value is -2.36. The van der Waals surface area contributed by atoms with Crippen molar-refractivity contribution in [3.63, 3.8) is 0 Å². The largest absolute Gasteiger partial charge is 0.496 e. The van der Waals surface area contributed by atoms with Crippen molar-refractivity contribution in [2.45, 2.75) is 6.92 Å². The summed E-state index contributed by atoms with van der Waals surface area (Å²) in [6, 6.07) is 10.1. The molecule has 4 heteroatoms. The van der Waals surface area contributed by atoms with Crippen LogP contribution in [0.15, 0.2) is 36.4 Å². The predicted molar refractivity (Wildman–Crippen MR) is 70.1 cm³/mol. The number of rotatable bonds is 3. The average Bonchev–Trinajstić information content (AvgIpc) is 2.37. The molecule has 0 radical (unpaired) electrons. The predicted octanol–water partition coefficient (Wildman–Crippen LogP) is 3.51. The first kappa shape index (κ1) is 13.1. The maximum absolute atomic E-state index is 13.9. The quantitative estimate of drug-likeness (QED) is 0.918. The molecule has 0 unspecified atom stereocenters. The van der Waals surface area contributed by atoms with Crippen LogP contribution in [0, 0.1) is 12.7 Å². The molecule has 0 saturated carbocycles. The first-order chi connectivity index (χ1) is 9.04. The van der Waals surface area contributed by atoms with Gasteiger partial charge >= 0.3 is 5.97 Å². The highest BCUT2D eigenvalue weighted by Gasteiger charge is 2.16. The molecule has 0 atom stereocenters. The van der Waals surface area contributed by atoms with Crippen LogP contribution in [-0.4, -0.2) is 18.2 Å². The Morgan fingerprint density at radius 2 is 1.95 bits per heavy atom. The smallest absolute Gasteiger partial charge is 0.338 e. The second kappa shape index (κ2) is 5.10. The summed E-state index contributed by atoms with van der Waals surface area (Å²) < 4.78 is 19.1. The number of hydrogen-bond acceptors (Lipinski definition) is 2. The lowest BCUT2D eigenvalue weighted by atomic mass is 9.98. The molecule has 0 aliphatic heterocycles. The van der Waals surface area contributed by atoms with Crippen LogP contribution in [0.2, 0.25) is 0 Å². The van der Waals surface area contributed by atoms with Crippen LogP contribution in [-0.2, 0) is 0 Å². The highest BCUT2D eigenvalue weighted by atomic mass is 19.1. The Bertz CT molecular complexity index is 612. The fourth-order valence-corrected chi connectivity index (χ4v) is 2.05. The number of aryl methyl sites for hydroxylation is 1. The lowest BCUT2D eigenvalue weighted by Crippen LogP contribution is -2.04. The number of carbonyl (C=O) groups is 1. The number of carboxylic acid groups (broad SMARTS) is 1. The third-order valence-corrected chi connectivity index (χ3v) is 2.92. The maximum atomic E-state index is 13.9. The van der Waals surface area contributed by atoms with E-state index in [1.54, 1.807) is 25.1 Å². The molecule has 0 spiro atoms. The fourth-order valence-electron chi connectivity index (χ4n) is 2.05. The van der Waals surface area contributed by atoms with Crippen LogP contribution < -0.4 is 4.74 Å². The zero-order valence-corrected chi connectivity index (χ0v) is 10.6. The number of carboxylic acids is 1. The van der Waals surface area contributed by atoms with Crippen LogP contribution in [0.5, 0.6) is 5.75 Å². The van der Waals surface area contributed by atoms with Crippen molar-refractivity contribution in [1.29, 1.82) is 0 Å². The van der Waals surface area contributed by atoms with Crippen molar-refractivity contribution in [1.82, 2.24) is 0 Å². The van der Waals surface area contributed by atoms with Gasteiger partial charge in [0.25, 0.3) is 0 Å². The summed E-state index contributed by atoms with van der Waals surface area (Å²) >= 11 is 0. The molecule has 0 bridgehead atoms. The first-order valence-corrected chi connectivity index (χ1v) is 5.71. The second-order valence-corrected chi connectivity index (χ2v) is 4.16. The standard InChI is InChI=1S/C15H13FO3/c1-9-7-10(8-12(16)14(9)15(17)18)11-5-3-4-6-13(11)19-2/h3-8H,1-2H3,(H,17,18). The van der Waals surface area contributed by atoms with E-state index in [-0.39, 0.29) is 5.56 Å². The highest BCUT2D eigenvalue weighted by Crippen LogP contribution is 2.31. The van der Waals surface area contributed by atoms with E-state index in [0.29, 0.717) is 16.9 Å². The number of methoxy groups -OCH3 is 1. The lowest BCUT2D eigenvalue weighted by molar-refractivity contribution is 0.0691. The minimum atomic E-state index is -1.26. The molecule has 2 aromatic carbocycles. The van der Waals surface area contributed by atoms with E-state index in [0.717, 1.165) is 5.56 Å². The SMILES string of the molecule is COc1ccccc1-c1cc(C)c(C(=O)O)c(F)c1. The van der Waals surface area contributed by atoms with E-state index in [1.807, 2.05) is 12.1 Å². The Morgan fingerprint density at radius 1 is 1.26 bits per heavy atom. The van der Waals surface area contributed by atoms with Gasteiger partial charge in [-0.1, -0.05) is 24.3 Å². The molecule has 0 fully saturated rings. The summed E-state index contributed by atoms with van der Waals surface area (Å²) in [5, 5.41) is 8.94. The van der Waals surface area contributed by atoms with Gasteiger partial charge in [-0.15, -0.1) is 0 Å². The van der Waals surface area contributed by atoms with E-state index in [1.165, 1.54) is 13.2 Å². The van der Waals surface area contributed by atoms with Gasteiger partial charge in [-0.25, -0.2) is 9.18 Å². The van der Waals surface area contributed by atoms with E-state index < -0.39 is 11.8 Å². The van der Waals surface area contributed by atoms with Crippen molar-refractivity contribution < 1.29 is 19.0 Å². The minimum absolute atomic E-state index is 0.293. The summed E-state index contributed by atoms with van der Waals surface area (Å²) in [6.45, 7) is 1.57. The number of aromatic carboxylic acids is 1. The summed E-state index contributed by atoms with van der Waals surface area (Å²) in [7, 11) is 1.54. The topological polar surface area (TPSA) is 46.5 Å². The van der Waals surface area contributed by atoms with Crippen molar-refractivity contribution in [2.75, 3.05) is 7.11 Å². The molecule has 2 rings (SSSR count). The van der Waals surface area contributed by atoms with Crippen molar-refractivity contribution in [3.05, 3.63) is 53.3 Å². The Kier molecular flexibility index (Phi) is 3.51. The summed E-state index contributed by atoms with van der Waals surface area (Å²) in [4.78, 5) is 10.9. The van der Waals surface area contributed by atoms with Gasteiger partial charge in [0.15, 0.2) is 0 Å². The molecule has 1 N–H and O–H groups in total. The van der Waals surface area contributed by atoms with Crippen molar-refractivity contribution >= 4 is 5.97 Å². The van der Waals surface area contributed by atoms with Gasteiger partial charge < -0.3 is 9.84 Å². The number of halogens is 1. The second-order valence-electron chi connectivity index (χ2n) is 4.16. The number of hydrogen-bond donors (Lipinski definition) is 1. The van der Waals surface area contributed by atoms with Gasteiger partial charge in [0.05, 0.1) is 12.7 Å². The number of para-hydroxylation sites is 1. The Balaban J connectivity index is 2.62. The van der Waals surface area contributed by atoms with Crippen LogP contribution in [0.1, 0.15) is 15.9 Å². The molecular weight excluding hydrogens is 247 g/mol. The lowest BCUT2D eigenvalue weighted by Gasteiger charge is -2.11. The van der Waals surface area contributed by atoms with E-state index in [4.69, 9.17) is 9.84 Å². The molecule has 3 nitrogen and oxygen atoms in total. The van der Waals surface area contributed by atoms with Crippen molar-refractivity contribution in [2.24, 2.45) is 0 Å². The summed E-state index contributed by atoms with van der Waals surface area (Å²) in [5.74, 6) is -1.39. The normalized spacial score (nSPS) is 10.3. The monoisotopic (exact) mass is 260 g/mol. The molecule has 0 aliphatic carbocycles. The van der Waals surface area contributed by atoms with Gasteiger partial charge in [0.2, 0.25) is 0 Å². The van der Waals surface area contributed by atoms with Gasteiger partial charge in [0, 0.05) is 5.56 Å². The molecule has 0 heterocycles. The van der Waals surface area contributed by atoms with E-state index in [9.17, 15) is 9.18 Å². The van der Waals surface area contributed by atoms with Gasteiger partial charge in [0.1, 0.15) is 11.6 Å². The Labute approximate surface area is 110 Å². The third kappa shape index (κ3) is 2.42. The van der Waals surface area contributed by atoms with Crippen LogP contribution in [0.25, 0.3) is 11.1 Å². The van der Waals surface area contributed by atoms with Crippen LogP contribution in [0.3, 0.4) is 0 Å². The molecular formula is C15H13FO3. The zero-order valence-electron chi connectivity index (χ0n) is 10.6. The molecule has 0 aromatic heterocycles. The summed E-state index contributed by atoms with van der Waals surface area (Å²) in [6.07, 6.45) is 0. The molecule has 2 aromatic rings. The maximum Gasteiger partial charge on any atom is 0.338 e. The molecule has 0 saturated heterocycles. The van der Waals surface area contributed by atoms with E-state index >= 15 is 0 Å². The van der Waals surface area contributed by atoms with Gasteiger partial charge in [-0.2, -0.15) is 0 Å². The van der Waals surface area contributed by atoms with Crippen LogP contribution in [0.4, 0.5) is 4.39 Å². The first-order valence-electron chi connectivity index (χ1n) is 5.71. The molecule has 19 heavy (non-hydrogen) atoms. The highest BCUT2D eigenvalue weighted by molar-refractivity contribution is 5.90. The minimum Gasteiger partial charge on any atom is -0.496 e. The fraction of sp³-hybridized carbons (Fsp3) is 0.133. The van der Waals surface area contributed by atoms with Crippen LogP contribution >= 0.6 is 0 Å². The van der Waals surface area contributed by atoms with Gasteiger partial charge in [-0.05, 0) is 30.2 Å². The molecule has 0 amide bonds. The number of benzene rings is 2. The summed E-state index contributed by atoms with van der Waals surface area (Å²) in [5.41, 5.74) is 1.41. The number of ether oxygens (including phenoxy) is 1. The third-order valence-electron chi connectivity index (χ3n) is 2.92. The average molecular weight is 260 g/mol.